The minimum absolute atomic E-state index is 0.0343. The van der Waals surface area contributed by atoms with Crippen molar-refractivity contribution in [1.82, 2.24) is 9.78 Å². The van der Waals surface area contributed by atoms with Crippen LogP contribution in [0.5, 0.6) is 11.5 Å². The highest BCUT2D eigenvalue weighted by atomic mass is 35.5. The Morgan fingerprint density at radius 2 is 2.19 bits per heavy atom. The number of carboxylic acid groups (broad SMARTS) is 1. The summed E-state index contributed by atoms with van der Waals surface area (Å²) >= 11 is 6.13. The Kier molecular flexibility index (Phi) is 4.37. The highest BCUT2D eigenvalue weighted by Gasteiger charge is 2.18. The number of rotatable bonds is 5. The predicted octanol–water partition coefficient (Wildman–Crippen LogP) is 2.67. The number of nitrogens with zero attached hydrogens (tertiary/aromatic N) is 2. The van der Waals surface area contributed by atoms with Gasteiger partial charge in [0.05, 0.1) is 12.8 Å². The first-order chi connectivity index (χ1) is 9.95. The number of hydrogen-bond acceptors (Lipinski definition) is 4. The number of carboxylic acids is 1. The Morgan fingerprint density at radius 3 is 2.71 bits per heavy atom. The van der Waals surface area contributed by atoms with Gasteiger partial charge in [0.15, 0.2) is 11.5 Å². The fraction of sp³-hybridized carbons (Fsp3) is 0.286. The van der Waals surface area contributed by atoms with Gasteiger partial charge in [-0.05, 0) is 19.1 Å². The van der Waals surface area contributed by atoms with E-state index in [1.165, 1.54) is 17.9 Å². The minimum Gasteiger partial charge on any atom is -0.493 e. The van der Waals surface area contributed by atoms with Crippen molar-refractivity contribution in [2.45, 2.75) is 13.5 Å². The molecule has 0 aliphatic carbocycles. The SMILES string of the molecule is COc1cccc(C(=O)O)c1OCc1c(C)nn(C)c1Cl. The first kappa shape index (κ1) is 15.2. The van der Waals surface area contributed by atoms with E-state index in [0.29, 0.717) is 16.5 Å². The van der Waals surface area contributed by atoms with E-state index < -0.39 is 5.97 Å². The number of aromatic carboxylic acids is 1. The molecule has 0 atom stereocenters. The van der Waals surface area contributed by atoms with Crippen LogP contribution >= 0.6 is 11.6 Å². The van der Waals surface area contributed by atoms with Gasteiger partial charge in [0.25, 0.3) is 0 Å². The summed E-state index contributed by atoms with van der Waals surface area (Å²) in [5, 5.41) is 13.9. The zero-order chi connectivity index (χ0) is 15.6. The van der Waals surface area contributed by atoms with Gasteiger partial charge in [-0.25, -0.2) is 4.79 Å². The second-order valence-corrected chi connectivity index (χ2v) is 4.77. The average Bonchev–Trinajstić information content (AvgIpc) is 2.69. The van der Waals surface area contributed by atoms with Crippen LogP contribution in [0.2, 0.25) is 5.15 Å². The number of aromatic nitrogens is 2. The summed E-state index contributed by atoms with van der Waals surface area (Å²) in [5.41, 5.74) is 1.47. The molecule has 1 aromatic carbocycles. The Morgan fingerprint density at radius 1 is 1.48 bits per heavy atom. The van der Waals surface area contributed by atoms with Crippen molar-refractivity contribution in [1.29, 1.82) is 0 Å². The van der Waals surface area contributed by atoms with Gasteiger partial charge in [-0.1, -0.05) is 17.7 Å². The molecular weight excluding hydrogens is 296 g/mol. The molecule has 0 radical (unpaired) electrons. The van der Waals surface area contributed by atoms with Gasteiger partial charge in [0.2, 0.25) is 0 Å². The van der Waals surface area contributed by atoms with Crippen LogP contribution < -0.4 is 9.47 Å². The van der Waals surface area contributed by atoms with Crippen LogP contribution in [0.3, 0.4) is 0 Å². The lowest BCUT2D eigenvalue weighted by molar-refractivity contribution is 0.0691. The van der Waals surface area contributed by atoms with Gasteiger partial charge in [-0.3, -0.25) is 4.68 Å². The zero-order valence-corrected chi connectivity index (χ0v) is 12.6. The molecule has 2 rings (SSSR count). The van der Waals surface area contributed by atoms with E-state index in [4.69, 9.17) is 21.1 Å². The highest BCUT2D eigenvalue weighted by molar-refractivity contribution is 6.30. The van der Waals surface area contributed by atoms with Crippen molar-refractivity contribution in [3.63, 3.8) is 0 Å². The maximum absolute atomic E-state index is 11.3. The van der Waals surface area contributed by atoms with Crippen LogP contribution in [0.1, 0.15) is 21.6 Å². The topological polar surface area (TPSA) is 73.6 Å². The fourth-order valence-electron chi connectivity index (χ4n) is 1.98. The molecule has 0 saturated carbocycles. The molecule has 0 fully saturated rings. The van der Waals surface area contributed by atoms with Crippen molar-refractivity contribution in [2.24, 2.45) is 7.05 Å². The lowest BCUT2D eigenvalue weighted by Gasteiger charge is -2.13. The summed E-state index contributed by atoms with van der Waals surface area (Å²) in [5.74, 6) is -0.558. The molecule has 1 heterocycles. The highest BCUT2D eigenvalue weighted by Crippen LogP contribution is 2.32. The Balaban J connectivity index is 2.33. The number of aryl methyl sites for hydroxylation is 2. The van der Waals surface area contributed by atoms with E-state index in [0.717, 1.165) is 5.69 Å². The molecular formula is C14H15ClN2O4. The largest absolute Gasteiger partial charge is 0.493 e. The molecule has 6 nitrogen and oxygen atoms in total. The zero-order valence-electron chi connectivity index (χ0n) is 11.9. The number of benzene rings is 1. The second-order valence-electron chi connectivity index (χ2n) is 4.41. The number of halogens is 1. The van der Waals surface area contributed by atoms with Crippen molar-refractivity contribution < 1.29 is 19.4 Å². The Bertz CT molecular complexity index is 682. The van der Waals surface area contributed by atoms with E-state index in [1.807, 2.05) is 6.92 Å². The van der Waals surface area contributed by atoms with Crippen molar-refractivity contribution in [3.8, 4) is 11.5 Å². The van der Waals surface area contributed by atoms with Gasteiger partial charge in [0, 0.05) is 12.6 Å². The number of methoxy groups -OCH3 is 1. The van der Waals surface area contributed by atoms with Gasteiger partial charge in [-0.2, -0.15) is 5.10 Å². The summed E-state index contributed by atoms with van der Waals surface area (Å²) in [6.07, 6.45) is 0. The smallest absolute Gasteiger partial charge is 0.339 e. The number of ether oxygens (including phenoxy) is 2. The van der Waals surface area contributed by atoms with E-state index >= 15 is 0 Å². The van der Waals surface area contributed by atoms with Crippen LogP contribution in [0.25, 0.3) is 0 Å². The predicted molar refractivity (Wildman–Crippen MR) is 77.2 cm³/mol. The number of carbonyl (C=O) groups is 1. The van der Waals surface area contributed by atoms with Crippen molar-refractivity contribution in [3.05, 3.63) is 40.2 Å². The standard InChI is InChI=1S/C14H15ClN2O4/c1-8-10(13(15)17(2)16-8)7-21-12-9(14(18)19)5-4-6-11(12)20-3/h4-6H,7H2,1-3H3,(H,18,19). The normalized spacial score (nSPS) is 10.5. The molecule has 7 heteroatoms. The molecule has 0 aliphatic heterocycles. The molecule has 21 heavy (non-hydrogen) atoms. The van der Waals surface area contributed by atoms with Crippen LogP contribution in [0, 0.1) is 6.92 Å². The first-order valence-electron chi connectivity index (χ1n) is 6.16. The summed E-state index contributed by atoms with van der Waals surface area (Å²) in [6.45, 7) is 1.92. The second kappa shape index (κ2) is 6.05. The lowest BCUT2D eigenvalue weighted by Crippen LogP contribution is -2.05. The molecule has 1 aromatic heterocycles. The third-order valence-corrected chi connectivity index (χ3v) is 3.53. The van der Waals surface area contributed by atoms with E-state index in [1.54, 1.807) is 19.2 Å². The van der Waals surface area contributed by atoms with Gasteiger partial charge < -0.3 is 14.6 Å². The summed E-state index contributed by atoms with van der Waals surface area (Å²) in [6, 6.07) is 4.69. The van der Waals surface area contributed by atoms with E-state index in [-0.39, 0.29) is 17.9 Å². The molecule has 0 aliphatic rings. The van der Waals surface area contributed by atoms with Crippen molar-refractivity contribution >= 4 is 17.6 Å². The Hall–Kier alpha value is -2.21. The van der Waals surface area contributed by atoms with E-state index in [9.17, 15) is 9.90 Å². The van der Waals surface area contributed by atoms with Gasteiger partial charge >= 0.3 is 5.97 Å². The number of hydrogen-bond donors (Lipinski definition) is 1. The third kappa shape index (κ3) is 2.95. The maximum atomic E-state index is 11.3. The molecule has 1 N–H and O–H groups in total. The van der Waals surface area contributed by atoms with Crippen molar-refractivity contribution in [2.75, 3.05) is 7.11 Å². The lowest BCUT2D eigenvalue weighted by atomic mass is 10.2. The van der Waals surface area contributed by atoms with Crippen LogP contribution in [0.15, 0.2) is 18.2 Å². The molecule has 0 saturated heterocycles. The molecule has 0 spiro atoms. The third-order valence-electron chi connectivity index (χ3n) is 3.06. The van der Waals surface area contributed by atoms with Crippen LogP contribution in [0.4, 0.5) is 0 Å². The van der Waals surface area contributed by atoms with Crippen LogP contribution in [-0.4, -0.2) is 28.0 Å². The first-order valence-corrected chi connectivity index (χ1v) is 6.54. The maximum Gasteiger partial charge on any atom is 0.339 e. The summed E-state index contributed by atoms with van der Waals surface area (Å²) in [7, 11) is 3.18. The minimum atomic E-state index is -1.09. The molecule has 0 unspecified atom stereocenters. The van der Waals surface area contributed by atoms with Gasteiger partial charge in [0.1, 0.15) is 17.3 Å². The van der Waals surface area contributed by atoms with Crippen LogP contribution in [-0.2, 0) is 13.7 Å². The van der Waals surface area contributed by atoms with Gasteiger partial charge in [-0.15, -0.1) is 0 Å². The molecule has 0 amide bonds. The monoisotopic (exact) mass is 310 g/mol. The molecule has 112 valence electrons. The number of para-hydroxylation sites is 1. The fourth-order valence-corrected chi connectivity index (χ4v) is 2.21. The summed E-state index contributed by atoms with van der Waals surface area (Å²) in [4.78, 5) is 11.3. The summed E-state index contributed by atoms with van der Waals surface area (Å²) < 4.78 is 12.3. The Labute approximate surface area is 126 Å². The molecule has 2 aromatic rings. The average molecular weight is 311 g/mol. The van der Waals surface area contributed by atoms with E-state index in [2.05, 4.69) is 5.10 Å². The quantitative estimate of drug-likeness (QED) is 0.919. The molecule has 0 bridgehead atoms.